The Morgan fingerprint density at radius 1 is 1.55 bits per heavy atom. The van der Waals surface area contributed by atoms with E-state index in [2.05, 4.69) is 15.7 Å². The third-order valence-electron chi connectivity index (χ3n) is 3.33. The van der Waals surface area contributed by atoms with Crippen molar-refractivity contribution in [2.75, 3.05) is 11.9 Å². The zero-order valence-electron chi connectivity index (χ0n) is 11.4. The molecule has 1 atom stereocenters. The Kier molecular flexibility index (Phi) is 5.52. The highest BCUT2D eigenvalue weighted by Crippen LogP contribution is 2.20. The number of hydrogen-bond acceptors (Lipinski definition) is 4. The summed E-state index contributed by atoms with van der Waals surface area (Å²) in [4.78, 5) is 23.0. The van der Waals surface area contributed by atoms with E-state index in [0.717, 1.165) is 25.8 Å². The summed E-state index contributed by atoms with van der Waals surface area (Å²) in [5.74, 6) is -0.548. The highest BCUT2D eigenvalue weighted by Gasteiger charge is 2.34. The van der Waals surface area contributed by atoms with Crippen molar-refractivity contribution in [3.63, 3.8) is 0 Å². The van der Waals surface area contributed by atoms with Gasteiger partial charge in [-0.2, -0.15) is 5.10 Å². The van der Waals surface area contributed by atoms with Gasteiger partial charge in [0.15, 0.2) is 0 Å². The minimum Gasteiger partial charge on any atom is -0.368 e. The molecule has 20 heavy (non-hydrogen) atoms. The predicted octanol–water partition coefficient (Wildman–Crippen LogP) is 0.261. The molecule has 2 heterocycles. The van der Waals surface area contributed by atoms with Crippen LogP contribution in [0.5, 0.6) is 0 Å². The summed E-state index contributed by atoms with van der Waals surface area (Å²) in [6.07, 6.45) is 6.05. The average Bonchev–Trinajstić information content (AvgIpc) is 2.76. The number of primary amides is 1. The molecule has 0 bridgehead atoms. The van der Waals surface area contributed by atoms with E-state index in [1.165, 1.54) is 10.9 Å². The van der Waals surface area contributed by atoms with Crippen LogP contribution in [-0.2, 0) is 16.1 Å². The van der Waals surface area contributed by atoms with Gasteiger partial charge in [0.25, 0.3) is 0 Å². The summed E-state index contributed by atoms with van der Waals surface area (Å²) >= 11 is 0. The van der Waals surface area contributed by atoms with Gasteiger partial charge >= 0.3 is 0 Å². The maximum Gasteiger partial charge on any atom is 0.244 e. The largest absolute Gasteiger partial charge is 0.368 e. The van der Waals surface area contributed by atoms with Gasteiger partial charge in [0, 0.05) is 6.20 Å². The second kappa shape index (κ2) is 6.71. The number of nitrogens with one attached hydrogen (secondary N) is 2. The Hall–Kier alpha value is -1.60. The van der Waals surface area contributed by atoms with E-state index in [0.29, 0.717) is 5.69 Å². The minimum atomic E-state index is -0.538. The molecule has 1 aliphatic heterocycles. The molecule has 1 unspecified atom stereocenters. The van der Waals surface area contributed by atoms with Crippen LogP contribution in [0.2, 0.25) is 0 Å². The number of carbonyl (C=O) groups is 2. The summed E-state index contributed by atoms with van der Waals surface area (Å²) in [6, 6.07) is 0. The zero-order valence-corrected chi connectivity index (χ0v) is 12.2. The van der Waals surface area contributed by atoms with Crippen LogP contribution in [-0.4, -0.2) is 33.7 Å². The van der Waals surface area contributed by atoms with Crippen LogP contribution in [0.3, 0.4) is 0 Å². The first-order valence-electron chi connectivity index (χ1n) is 6.37. The molecule has 112 valence electrons. The molecule has 8 heteroatoms. The number of aromatic nitrogens is 2. The lowest BCUT2D eigenvalue weighted by atomic mass is 9.90. The van der Waals surface area contributed by atoms with Gasteiger partial charge in [-0.05, 0) is 32.7 Å². The summed E-state index contributed by atoms with van der Waals surface area (Å²) in [5.41, 5.74) is 5.11. The van der Waals surface area contributed by atoms with E-state index >= 15 is 0 Å². The maximum absolute atomic E-state index is 12.2. The smallest absolute Gasteiger partial charge is 0.244 e. The molecule has 0 aromatic carbocycles. The third-order valence-corrected chi connectivity index (χ3v) is 3.33. The molecule has 1 fully saturated rings. The molecule has 1 aromatic heterocycles. The molecular weight excluding hydrogens is 282 g/mol. The molecule has 0 saturated carbocycles. The monoisotopic (exact) mass is 301 g/mol. The molecule has 0 aliphatic carbocycles. The summed E-state index contributed by atoms with van der Waals surface area (Å²) in [7, 11) is 0. The molecule has 0 spiro atoms. The Bertz CT molecular complexity index is 482. The summed E-state index contributed by atoms with van der Waals surface area (Å²) in [5, 5.41) is 10.0. The van der Waals surface area contributed by atoms with E-state index in [4.69, 9.17) is 5.73 Å². The van der Waals surface area contributed by atoms with Crippen LogP contribution < -0.4 is 16.4 Å². The van der Waals surface area contributed by atoms with Crippen molar-refractivity contribution in [3.05, 3.63) is 12.4 Å². The number of nitrogens with two attached hydrogens (primary N) is 1. The van der Waals surface area contributed by atoms with Gasteiger partial charge in [0.1, 0.15) is 6.54 Å². The van der Waals surface area contributed by atoms with Gasteiger partial charge in [-0.3, -0.25) is 14.3 Å². The molecule has 0 radical (unpaired) electrons. The number of rotatable bonds is 4. The Balaban J connectivity index is 0.00000200. The second-order valence-electron chi connectivity index (χ2n) is 5.06. The first kappa shape index (κ1) is 16.5. The van der Waals surface area contributed by atoms with Gasteiger partial charge in [-0.15, -0.1) is 12.4 Å². The van der Waals surface area contributed by atoms with Crippen molar-refractivity contribution in [1.82, 2.24) is 15.1 Å². The van der Waals surface area contributed by atoms with E-state index in [1.54, 1.807) is 6.20 Å². The van der Waals surface area contributed by atoms with Crippen LogP contribution >= 0.6 is 12.4 Å². The van der Waals surface area contributed by atoms with E-state index in [9.17, 15) is 9.59 Å². The number of nitrogens with zero attached hydrogens (tertiary/aromatic N) is 2. The van der Waals surface area contributed by atoms with Crippen LogP contribution in [0.4, 0.5) is 5.69 Å². The molecule has 7 nitrogen and oxygen atoms in total. The van der Waals surface area contributed by atoms with Crippen LogP contribution in [0.1, 0.15) is 26.2 Å². The number of hydrogen-bond donors (Lipinski definition) is 3. The van der Waals surface area contributed by atoms with Crippen molar-refractivity contribution in [2.45, 2.75) is 38.3 Å². The minimum absolute atomic E-state index is 0. The SMILES string of the molecule is CC1(C(=O)Nc2cnn(CC(N)=O)c2)CCCCN1.Cl. The number of halogens is 1. The average molecular weight is 302 g/mol. The molecule has 1 saturated heterocycles. The lowest BCUT2D eigenvalue weighted by Crippen LogP contribution is -2.54. The van der Waals surface area contributed by atoms with Crippen molar-refractivity contribution >= 4 is 29.9 Å². The Morgan fingerprint density at radius 3 is 2.90 bits per heavy atom. The van der Waals surface area contributed by atoms with Crippen LogP contribution in [0.15, 0.2) is 12.4 Å². The van der Waals surface area contributed by atoms with Crippen molar-refractivity contribution in [1.29, 1.82) is 0 Å². The fraction of sp³-hybridized carbons (Fsp3) is 0.583. The number of anilines is 1. The van der Waals surface area contributed by atoms with E-state index < -0.39 is 11.4 Å². The van der Waals surface area contributed by atoms with Gasteiger partial charge in [-0.25, -0.2) is 0 Å². The fourth-order valence-electron chi connectivity index (χ4n) is 2.19. The first-order valence-corrected chi connectivity index (χ1v) is 6.37. The van der Waals surface area contributed by atoms with Crippen LogP contribution in [0, 0.1) is 0 Å². The van der Waals surface area contributed by atoms with Crippen molar-refractivity contribution < 1.29 is 9.59 Å². The quantitative estimate of drug-likeness (QED) is 0.742. The fourth-order valence-corrected chi connectivity index (χ4v) is 2.19. The maximum atomic E-state index is 12.2. The highest BCUT2D eigenvalue weighted by atomic mass is 35.5. The van der Waals surface area contributed by atoms with Gasteiger partial charge in [-0.1, -0.05) is 0 Å². The van der Waals surface area contributed by atoms with Gasteiger partial charge < -0.3 is 16.4 Å². The highest BCUT2D eigenvalue weighted by molar-refractivity contribution is 5.97. The van der Waals surface area contributed by atoms with Gasteiger partial charge in [0.2, 0.25) is 11.8 Å². The molecule has 4 N–H and O–H groups in total. The number of amides is 2. The lowest BCUT2D eigenvalue weighted by Gasteiger charge is -2.33. The summed E-state index contributed by atoms with van der Waals surface area (Å²) < 4.78 is 1.40. The normalized spacial score (nSPS) is 21.9. The molecule has 2 amide bonds. The van der Waals surface area contributed by atoms with E-state index in [-0.39, 0.29) is 24.9 Å². The summed E-state index contributed by atoms with van der Waals surface area (Å²) in [6.45, 7) is 2.76. The molecule has 1 aromatic rings. The standard InChI is InChI=1S/C12H19N5O2.ClH/c1-12(4-2-3-5-14-12)11(19)16-9-6-15-17(7-9)8-10(13)18;/h6-7,14H,2-5,8H2,1H3,(H2,13,18)(H,16,19);1H. The topological polar surface area (TPSA) is 102 Å². The Labute approximate surface area is 123 Å². The number of piperidine rings is 1. The third kappa shape index (κ3) is 3.94. The van der Waals surface area contributed by atoms with Gasteiger partial charge in [0.05, 0.1) is 17.4 Å². The number of carbonyl (C=O) groups excluding carboxylic acids is 2. The predicted molar refractivity (Wildman–Crippen MR) is 77.6 cm³/mol. The first-order chi connectivity index (χ1) is 8.99. The lowest BCUT2D eigenvalue weighted by molar-refractivity contribution is -0.122. The second-order valence-corrected chi connectivity index (χ2v) is 5.06. The van der Waals surface area contributed by atoms with Crippen molar-refractivity contribution in [2.24, 2.45) is 5.73 Å². The van der Waals surface area contributed by atoms with E-state index in [1.807, 2.05) is 6.92 Å². The molecule has 1 aliphatic rings. The molecule has 2 rings (SSSR count). The zero-order chi connectivity index (χ0) is 13.9. The Morgan fingerprint density at radius 2 is 2.30 bits per heavy atom. The molecular formula is C12H20ClN5O2. The van der Waals surface area contributed by atoms with Crippen LogP contribution in [0.25, 0.3) is 0 Å². The van der Waals surface area contributed by atoms with Crippen molar-refractivity contribution in [3.8, 4) is 0 Å².